The van der Waals surface area contributed by atoms with Crippen LogP contribution in [-0.4, -0.2) is 5.91 Å². The van der Waals surface area contributed by atoms with Crippen LogP contribution in [0.4, 0.5) is 10.1 Å². The minimum atomic E-state index is -0.652. The molecule has 0 atom stereocenters. The molecule has 1 amide bonds. The largest absolute Gasteiger partial charge is 0.488 e. The van der Waals surface area contributed by atoms with E-state index in [-0.39, 0.29) is 12.2 Å². The SMILES string of the molecule is N#C/C(=C\c1cc(Cl)ccc1OCc1ccc(Cl)cc1Cl)C(=O)Nc1ccc(F)cc1. The van der Waals surface area contributed by atoms with Crippen molar-refractivity contribution in [2.45, 2.75) is 6.61 Å². The molecule has 0 unspecified atom stereocenters. The summed E-state index contributed by atoms with van der Waals surface area (Å²) in [5.74, 6) is -0.686. The third kappa shape index (κ3) is 6.22. The van der Waals surface area contributed by atoms with E-state index in [1.54, 1.807) is 36.4 Å². The summed E-state index contributed by atoms with van der Waals surface area (Å²) in [4.78, 5) is 12.5. The number of ether oxygens (including phenoxy) is 1. The Labute approximate surface area is 193 Å². The average Bonchev–Trinajstić information content (AvgIpc) is 2.74. The van der Waals surface area contributed by atoms with Gasteiger partial charge in [-0.1, -0.05) is 40.9 Å². The molecule has 0 radical (unpaired) electrons. The Balaban J connectivity index is 1.83. The maximum absolute atomic E-state index is 13.0. The zero-order chi connectivity index (χ0) is 22.4. The number of amides is 1. The van der Waals surface area contributed by atoms with Gasteiger partial charge in [-0.25, -0.2) is 4.39 Å². The van der Waals surface area contributed by atoms with Crippen LogP contribution < -0.4 is 10.1 Å². The van der Waals surface area contributed by atoms with Crippen molar-refractivity contribution in [3.63, 3.8) is 0 Å². The number of nitriles is 1. The van der Waals surface area contributed by atoms with E-state index in [0.717, 1.165) is 0 Å². The van der Waals surface area contributed by atoms with Crippen LogP contribution in [0.1, 0.15) is 11.1 Å². The molecular weight excluding hydrogens is 462 g/mol. The predicted octanol–water partition coefficient (Wildman–Crippen LogP) is 6.91. The topological polar surface area (TPSA) is 62.1 Å². The summed E-state index contributed by atoms with van der Waals surface area (Å²) in [5, 5.41) is 13.4. The van der Waals surface area contributed by atoms with Gasteiger partial charge in [-0.05, 0) is 60.7 Å². The third-order valence-corrected chi connectivity index (χ3v) is 4.96. The molecule has 0 aliphatic carbocycles. The van der Waals surface area contributed by atoms with Gasteiger partial charge in [0.2, 0.25) is 0 Å². The first-order valence-electron chi connectivity index (χ1n) is 8.90. The molecule has 0 saturated heterocycles. The normalized spacial score (nSPS) is 11.0. The van der Waals surface area contributed by atoms with E-state index in [9.17, 15) is 14.4 Å². The van der Waals surface area contributed by atoms with Crippen LogP contribution in [0.2, 0.25) is 15.1 Å². The van der Waals surface area contributed by atoms with Crippen molar-refractivity contribution < 1.29 is 13.9 Å². The van der Waals surface area contributed by atoms with Gasteiger partial charge in [0, 0.05) is 31.9 Å². The van der Waals surface area contributed by atoms with Crippen LogP contribution in [0.25, 0.3) is 6.08 Å². The number of benzene rings is 3. The number of halogens is 4. The number of carbonyl (C=O) groups excluding carboxylic acids is 1. The van der Waals surface area contributed by atoms with E-state index in [0.29, 0.717) is 37.6 Å². The highest BCUT2D eigenvalue weighted by Crippen LogP contribution is 2.28. The van der Waals surface area contributed by atoms with Crippen molar-refractivity contribution in [2.75, 3.05) is 5.32 Å². The minimum Gasteiger partial charge on any atom is -0.488 e. The van der Waals surface area contributed by atoms with Gasteiger partial charge < -0.3 is 10.1 Å². The van der Waals surface area contributed by atoms with Crippen LogP contribution in [0.5, 0.6) is 5.75 Å². The van der Waals surface area contributed by atoms with E-state index in [1.165, 1.54) is 30.3 Å². The standard InChI is InChI=1S/C23H14Cl3FN2O2/c24-17-3-8-22(31-13-14-1-2-18(25)11-21(14)26)15(10-17)9-16(12-28)23(30)29-20-6-4-19(27)5-7-20/h1-11H,13H2,(H,29,30)/b16-9+. The Kier molecular flexibility index (Phi) is 7.54. The fourth-order valence-corrected chi connectivity index (χ4v) is 3.24. The van der Waals surface area contributed by atoms with Crippen molar-refractivity contribution in [3.05, 3.63) is 98.2 Å². The number of hydrogen-bond donors (Lipinski definition) is 1. The summed E-state index contributed by atoms with van der Waals surface area (Å²) in [7, 11) is 0. The Hall–Kier alpha value is -3.04. The molecule has 31 heavy (non-hydrogen) atoms. The molecule has 0 aliphatic heterocycles. The van der Waals surface area contributed by atoms with Crippen LogP contribution in [0.3, 0.4) is 0 Å². The molecule has 0 aromatic heterocycles. The second-order valence-electron chi connectivity index (χ2n) is 6.34. The van der Waals surface area contributed by atoms with Crippen molar-refractivity contribution in [2.24, 2.45) is 0 Å². The lowest BCUT2D eigenvalue weighted by Gasteiger charge is -2.12. The third-order valence-electron chi connectivity index (χ3n) is 4.14. The number of hydrogen-bond acceptors (Lipinski definition) is 3. The van der Waals surface area contributed by atoms with E-state index < -0.39 is 11.7 Å². The molecule has 0 fully saturated rings. The lowest BCUT2D eigenvalue weighted by molar-refractivity contribution is -0.112. The average molecular weight is 476 g/mol. The maximum Gasteiger partial charge on any atom is 0.266 e. The van der Waals surface area contributed by atoms with Crippen molar-refractivity contribution >= 4 is 52.5 Å². The summed E-state index contributed by atoms with van der Waals surface area (Å²) in [6, 6.07) is 16.9. The highest BCUT2D eigenvalue weighted by molar-refractivity contribution is 6.35. The fourth-order valence-electron chi connectivity index (χ4n) is 2.59. The fraction of sp³-hybridized carbons (Fsp3) is 0.0435. The molecule has 8 heteroatoms. The molecular formula is C23H14Cl3FN2O2. The molecule has 0 heterocycles. The molecule has 3 aromatic carbocycles. The first kappa shape index (κ1) is 22.6. The summed E-state index contributed by atoms with van der Waals surface area (Å²) in [6.07, 6.45) is 1.36. The summed E-state index contributed by atoms with van der Waals surface area (Å²) >= 11 is 18.2. The van der Waals surface area contributed by atoms with Gasteiger partial charge in [0.05, 0.1) is 0 Å². The first-order valence-corrected chi connectivity index (χ1v) is 10.0. The maximum atomic E-state index is 13.0. The molecule has 0 bridgehead atoms. The number of nitrogens with zero attached hydrogens (tertiary/aromatic N) is 1. The molecule has 4 nitrogen and oxygen atoms in total. The van der Waals surface area contributed by atoms with Gasteiger partial charge >= 0.3 is 0 Å². The highest BCUT2D eigenvalue weighted by atomic mass is 35.5. The summed E-state index contributed by atoms with van der Waals surface area (Å²) in [6.45, 7) is 0.141. The van der Waals surface area contributed by atoms with E-state index in [2.05, 4.69) is 5.32 Å². The zero-order valence-corrected chi connectivity index (χ0v) is 18.1. The van der Waals surface area contributed by atoms with Crippen molar-refractivity contribution in [3.8, 4) is 11.8 Å². The smallest absolute Gasteiger partial charge is 0.266 e. The van der Waals surface area contributed by atoms with Gasteiger partial charge in [-0.2, -0.15) is 5.26 Å². The van der Waals surface area contributed by atoms with Gasteiger partial charge in [-0.15, -0.1) is 0 Å². The van der Waals surface area contributed by atoms with Crippen molar-refractivity contribution in [1.29, 1.82) is 5.26 Å². The second-order valence-corrected chi connectivity index (χ2v) is 7.62. The minimum absolute atomic E-state index is 0.141. The van der Waals surface area contributed by atoms with Crippen LogP contribution >= 0.6 is 34.8 Å². The van der Waals surface area contributed by atoms with Crippen LogP contribution in [-0.2, 0) is 11.4 Å². The lowest BCUT2D eigenvalue weighted by atomic mass is 10.1. The van der Waals surface area contributed by atoms with Crippen LogP contribution in [0.15, 0.2) is 66.2 Å². The molecule has 3 rings (SSSR count). The Morgan fingerprint density at radius 3 is 2.39 bits per heavy atom. The zero-order valence-electron chi connectivity index (χ0n) is 15.8. The van der Waals surface area contributed by atoms with E-state index >= 15 is 0 Å². The quantitative estimate of drug-likeness (QED) is 0.311. The number of anilines is 1. The molecule has 0 aliphatic rings. The van der Waals surface area contributed by atoms with Gasteiger partial charge in [0.25, 0.3) is 5.91 Å². The highest BCUT2D eigenvalue weighted by Gasteiger charge is 2.13. The van der Waals surface area contributed by atoms with Gasteiger partial charge in [-0.3, -0.25) is 4.79 Å². The van der Waals surface area contributed by atoms with Gasteiger partial charge in [0.1, 0.15) is 29.8 Å². The van der Waals surface area contributed by atoms with E-state index in [4.69, 9.17) is 39.5 Å². The van der Waals surface area contributed by atoms with Crippen molar-refractivity contribution in [1.82, 2.24) is 0 Å². The molecule has 0 spiro atoms. The molecule has 1 N–H and O–H groups in total. The van der Waals surface area contributed by atoms with Gasteiger partial charge in [0.15, 0.2) is 0 Å². The Morgan fingerprint density at radius 1 is 1.03 bits per heavy atom. The second kappa shape index (κ2) is 10.3. The lowest BCUT2D eigenvalue weighted by Crippen LogP contribution is -2.13. The predicted molar refractivity (Wildman–Crippen MR) is 121 cm³/mol. The summed E-state index contributed by atoms with van der Waals surface area (Å²) < 4.78 is 18.9. The number of carbonyl (C=O) groups is 1. The Bertz CT molecular complexity index is 1190. The number of nitrogens with one attached hydrogen (secondary N) is 1. The molecule has 0 saturated carbocycles. The first-order chi connectivity index (χ1) is 14.9. The molecule has 156 valence electrons. The van der Waals surface area contributed by atoms with Crippen LogP contribution in [0, 0.1) is 17.1 Å². The monoisotopic (exact) mass is 474 g/mol. The summed E-state index contributed by atoms with van der Waals surface area (Å²) in [5.41, 5.74) is 1.32. The van der Waals surface area contributed by atoms with E-state index in [1.807, 2.05) is 6.07 Å². The Morgan fingerprint density at radius 2 is 1.71 bits per heavy atom. The number of rotatable bonds is 6. The molecule has 3 aromatic rings.